The summed E-state index contributed by atoms with van der Waals surface area (Å²) in [5.74, 6) is 0.579. The monoisotopic (exact) mass is 409 g/mol. The van der Waals surface area contributed by atoms with E-state index in [-0.39, 0.29) is 0 Å². The molecule has 150 valence electrons. The summed E-state index contributed by atoms with van der Waals surface area (Å²) in [5.41, 5.74) is 1.98. The second kappa shape index (κ2) is 9.79. The number of allylic oxidation sites excluding steroid dienone is 1. The molecular weight excluding hydrogens is 386 g/mol. The van der Waals surface area contributed by atoms with E-state index in [1.54, 1.807) is 23.6 Å². The summed E-state index contributed by atoms with van der Waals surface area (Å²) in [6.07, 6.45) is 8.03. The molecule has 0 saturated heterocycles. The van der Waals surface area contributed by atoms with Crippen molar-refractivity contribution in [2.75, 3.05) is 23.8 Å². The maximum atomic E-state index is 10.5. The number of hydrogen-bond acceptors (Lipinski definition) is 7. The van der Waals surface area contributed by atoms with E-state index in [1.807, 2.05) is 50.5 Å². The number of rotatable bonds is 9. The van der Waals surface area contributed by atoms with Crippen molar-refractivity contribution < 1.29 is 9.90 Å². The van der Waals surface area contributed by atoms with E-state index in [2.05, 4.69) is 25.2 Å². The van der Waals surface area contributed by atoms with Crippen LogP contribution in [-0.2, 0) is 4.79 Å². The Morgan fingerprint density at radius 3 is 2.93 bits per heavy atom. The number of aliphatic carboxylic acids is 1. The number of carboxylic acids is 1. The van der Waals surface area contributed by atoms with Crippen LogP contribution >= 0.6 is 11.3 Å². The summed E-state index contributed by atoms with van der Waals surface area (Å²) < 4.78 is 0. The zero-order chi connectivity index (χ0) is 20.6. The van der Waals surface area contributed by atoms with Crippen LogP contribution in [0.2, 0.25) is 0 Å². The highest BCUT2D eigenvalue weighted by atomic mass is 32.1. The number of nitrogens with one attached hydrogen (secondary N) is 1. The first kappa shape index (κ1) is 20.5. The van der Waals surface area contributed by atoms with E-state index in [0.29, 0.717) is 0 Å². The average Bonchev–Trinajstić information content (AvgIpc) is 3.18. The van der Waals surface area contributed by atoms with Gasteiger partial charge in [0.1, 0.15) is 11.6 Å². The highest BCUT2D eigenvalue weighted by Gasteiger charge is 2.10. The molecule has 0 saturated carbocycles. The smallest absolute Gasteiger partial charge is 0.327 e. The molecule has 3 rings (SSSR count). The Balaban J connectivity index is 1.63. The minimum Gasteiger partial charge on any atom is -0.478 e. The van der Waals surface area contributed by atoms with Crippen LogP contribution in [0.15, 0.2) is 54.9 Å². The number of hydrogen-bond donors (Lipinski definition) is 2. The number of aromatic nitrogens is 3. The molecule has 0 aliphatic rings. The van der Waals surface area contributed by atoms with Crippen LogP contribution in [0.5, 0.6) is 0 Å². The van der Waals surface area contributed by atoms with Crippen LogP contribution < -0.4 is 10.2 Å². The molecule has 3 heterocycles. The summed E-state index contributed by atoms with van der Waals surface area (Å²) in [7, 11) is 1.98. The highest BCUT2D eigenvalue weighted by molar-refractivity contribution is 7.18. The van der Waals surface area contributed by atoms with Gasteiger partial charge >= 0.3 is 5.97 Å². The minimum absolute atomic E-state index is 0.719. The Hall–Kier alpha value is -3.26. The molecule has 0 aliphatic carbocycles. The summed E-state index contributed by atoms with van der Waals surface area (Å²) in [6.45, 7) is 2.82. The number of anilines is 3. The summed E-state index contributed by atoms with van der Waals surface area (Å²) >= 11 is 1.58. The Morgan fingerprint density at radius 1 is 1.28 bits per heavy atom. The third-order valence-corrected chi connectivity index (χ3v) is 5.25. The Labute approximate surface area is 173 Å². The van der Waals surface area contributed by atoms with Gasteiger partial charge in [-0.2, -0.15) is 0 Å². The fourth-order valence-electron chi connectivity index (χ4n) is 2.66. The number of nitrogens with zero attached hydrogens (tertiary/aromatic N) is 4. The second-order valence-corrected chi connectivity index (χ2v) is 7.57. The van der Waals surface area contributed by atoms with E-state index >= 15 is 0 Å². The number of pyridine rings is 2. The maximum absolute atomic E-state index is 10.5. The molecule has 0 fully saturated rings. The second-order valence-electron chi connectivity index (χ2n) is 6.56. The predicted molar refractivity (Wildman–Crippen MR) is 117 cm³/mol. The minimum atomic E-state index is -0.912. The molecule has 0 spiro atoms. The first-order valence-electron chi connectivity index (χ1n) is 9.25. The van der Waals surface area contributed by atoms with Crippen LogP contribution in [0.4, 0.5) is 16.8 Å². The molecule has 2 N–H and O–H groups in total. The third kappa shape index (κ3) is 6.11. The largest absolute Gasteiger partial charge is 0.478 e. The molecule has 0 aliphatic heterocycles. The Kier molecular flexibility index (Phi) is 6.91. The molecule has 3 aromatic rings. The van der Waals surface area contributed by atoms with Gasteiger partial charge < -0.3 is 15.3 Å². The van der Waals surface area contributed by atoms with E-state index in [9.17, 15) is 4.79 Å². The van der Waals surface area contributed by atoms with Crippen LogP contribution in [0, 0.1) is 6.92 Å². The quantitative estimate of drug-likeness (QED) is 0.397. The van der Waals surface area contributed by atoms with E-state index in [0.717, 1.165) is 52.3 Å². The lowest BCUT2D eigenvalue weighted by Gasteiger charge is -2.14. The molecule has 3 aromatic heterocycles. The fourth-order valence-corrected chi connectivity index (χ4v) is 3.54. The Morgan fingerprint density at radius 2 is 2.14 bits per heavy atom. The molecular formula is C21H23N5O2S. The van der Waals surface area contributed by atoms with Gasteiger partial charge in [-0.05, 0) is 49.6 Å². The maximum Gasteiger partial charge on any atom is 0.327 e. The van der Waals surface area contributed by atoms with Gasteiger partial charge in [-0.25, -0.2) is 19.7 Å². The lowest BCUT2D eigenvalue weighted by atomic mass is 10.3. The molecule has 0 amide bonds. The molecule has 0 bridgehead atoms. The van der Waals surface area contributed by atoms with Crippen LogP contribution in [0.3, 0.4) is 0 Å². The van der Waals surface area contributed by atoms with Gasteiger partial charge in [0.15, 0.2) is 5.13 Å². The normalized spacial score (nSPS) is 11.0. The van der Waals surface area contributed by atoms with Gasteiger partial charge in [-0.1, -0.05) is 23.5 Å². The van der Waals surface area contributed by atoms with Crippen molar-refractivity contribution in [1.29, 1.82) is 0 Å². The lowest BCUT2D eigenvalue weighted by molar-refractivity contribution is -0.131. The van der Waals surface area contributed by atoms with Gasteiger partial charge in [-0.15, -0.1) is 0 Å². The topological polar surface area (TPSA) is 91.2 Å². The van der Waals surface area contributed by atoms with Crippen molar-refractivity contribution in [3.8, 4) is 10.6 Å². The molecule has 0 radical (unpaired) electrons. The van der Waals surface area contributed by atoms with Gasteiger partial charge in [0, 0.05) is 32.1 Å². The Bertz CT molecular complexity index is 1000. The standard InChI is InChI=1S/C21H23N5O2S/c1-15-10-11-22-19(13-15)25-18-8-6-7-16(24-18)17-14-23-21(29-17)26(2)12-5-3-4-9-20(27)28/h4,6-11,13-14H,3,5,12H2,1-2H3,(H,27,28)(H,22,24,25)/b9-4+. The van der Waals surface area contributed by atoms with Crippen molar-refractivity contribution in [1.82, 2.24) is 15.0 Å². The highest BCUT2D eigenvalue weighted by Crippen LogP contribution is 2.30. The van der Waals surface area contributed by atoms with Crippen LogP contribution in [-0.4, -0.2) is 39.6 Å². The number of aryl methyl sites for hydroxylation is 1. The fraction of sp³-hybridized carbons (Fsp3) is 0.238. The van der Waals surface area contributed by atoms with Crippen LogP contribution in [0.25, 0.3) is 10.6 Å². The molecule has 0 unspecified atom stereocenters. The van der Waals surface area contributed by atoms with Crippen molar-refractivity contribution in [2.45, 2.75) is 19.8 Å². The first-order valence-corrected chi connectivity index (χ1v) is 10.1. The van der Waals surface area contributed by atoms with Gasteiger partial charge in [0.2, 0.25) is 0 Å². The zero-order valence-electron chi connectivity index (χ0n) is 16.4. The average molecular weight is 410 g/mol. The third-order valence-electron chi connectivity index (χ3n) is 4.12. The summed E-state index contributed by atoms with van der Waals surface area (Å²) in [5, 5.41) is 12.7. The molecule has 0 atom stereocenters. The van der Waals surface area contributed by atoms with E-state index in [1.165, 1.54) is 6.08 Å². The van der Waals surface area contributed by atoms with Gasteiger partial charge in [-0.3, -0.25) is 0 Å². The van der Waals surface area contributed by atoms with Crippen molar-refractivity contribution in [3.05, 3.63) is 60.4 Å². The summed E-state index contributed by atoms with van der Waals surface area (Å²) in [4.78, 5) is 27.0. The number of unbranched alkanes of at least 4 members (excludes halogenated alkanes) is 1. The SMILES string of the molecule is Cc1ccnc(Nc2cccc(-c3cnc(N(C)CCC/C=C/C(=O)O)s3)n2)c1. The zero-order valence-corrected chi connectivity index (χ0v) is 17.2. The predicted octanol–water partition coefficient (Wildman–Crippen LogP) is 4.51. The van der Waals surface area contributed by atoms with E-state index < -0.39 is 5.97 Å². The number of carbonyl (C=O) groups is 1. The molecule has 29 heavy (non-hydrogen) atoms. The van der Waals surface area contributed by atoms with Crippen molar-refractivity contribution >= 4 is 34.1 Å². The summed E-state index contributed by atoms with van der Waals surface area (Å²) in [6, 6.07) is 9.75. The van der Waals surface area contributed by atoms with Gasteiger partial charge in [0.05, 0.1) is 10.6 Å². The number of thiazole rings is 1. The lowest BCUT2D eigenvalue weighted by Crippen LogP contribution is -2.17. The van der Waals surface area contributed by atoms with Gasteiger partial charge in [0.25, 0.3) is 0 Å². The van der Waals surface area contributed by atoms with Crippen LogP contribution in [0.1, 0.15) is 18.4 Å². The van der Waals surface area contributed by atoms with Crippen molar-refractivity contribution in [3.63, 3.8) is 0 Å². The molecule has 8 heteroatoms. The molecule has 0 aromatic carbocycles. The number of carboxylic acid groups (broad SMARTS) is 1. The first-order chi connectivity index (χ1) is 14.0. The van der Waals surface area contributed by atoms with Crippen molar-refractivity contribution in [2.24, 2.45) is 0 Å². The molecule has 7 nitrogen and oxygen atoms in total. The van der Waals surface area contributed by atoms with E-state index in [4.69, 9.17) is 5.11 Å².